The Morgan fingerprint density at radius 1 is 0.724 bits per heavy atom. The molecule has 142 valence electrons. The molecule has 0 fully saturated rings. The number of hydrogen-bond acceptors (Lipinski definition) is 1. The second kappa shape index (κ2) is 7.41. The van der Waals surface area contributed by atoms with Crippen molar-refractivity contribution in [2.24, 2.45) is 0 Å². The molecule has 5 rings (SSSR count). The molecule has 0 bridgehead atoms. The average molecular weight is 411 g/mol. The fourth-order valence-electron chi connectivity index (χ4n) is 4.47. The quantitative estimate of drug-likeness (QED) is 0.339. The molecule has 0 N–H and O–H groups in total. The van der Waals surface area contributed by atoms with E-state index in [1.54, 1.807) is 0 Å². The van der Waals surface area contributed by atoms with Crippen LogP contribution in [0.15, 0.2) is 109 Å². The first-order valence-corrected chi connectivity index (χ1v) is 13.0. The Morgan fingerprint density at radius 3 is 1.76 bits per heavy atom. The maximum Gasteiger partial charge on any atom is 0.0186 e. The van der Waals surface area contributed by atoms with Gasteiger partial charge in [0.25, 0.3) is 0 Å². The van der Waals surface area contributed by atoms with Gasteiger partial charge in [-0.1, -0.05) is 121 Å². The Bertz CT molecular complexity index is 1230. The van der Waals surface area contributed by atoms with Crippen LogP contribution in [-0.4, -0.2) is 5.66 Å². The van der Waals surface area contributed by atoms with Crippen molar-refractivity contribution in [2.75, 3.05) is 0 Å². The van der Waals surface area contributed by atoms with Gasteiger partial charge in [0.05, 0.1) is 0 Å². The predicted octanol–water partition coefficient (Wildman–Crippen LogP) is 6.70. The predicted molar refractivity (Wildman–Crippen MR) is 133 cm³/mol. The normalized spacial score (nSPS) is 16.9. The molecule has 0 spiro atoms. The number of benzene rings is 4. The highest BCUT2D eigenvalue weighted by molar-refractivity contribution is 8.22. The van der Waals surface area contributed by atoms with Gasteiger partial charge < -0.3 is 0 Å². The third-order valence-corrected chi connectivity index (χ3v) is 11.5. The van der Waals surface area contributed by atoms with E-state index in [4.69, 9.17) is 11.8 Å². The van der Waals surface area contributed by atoms with E-state index in [9.17, 15) is 0 Å². The Kier molecular flexibility index (Phi) is 4.74. The Balaban J connectivity index is 1.86. The van der Waals surface area contributed by atoms with Crippen molar-refractivity contribution >= 4 is 50.0 Å². The van der Waals surface area contributed by atoms with Crippen molar-refractivity contribution in [3.63, 3.8) is 0 Å². The fraction of sp³-hybridized carbons (Fsp3) is 0.111. The Hall–Kier alpha value is -2.47. The molecule has 1 aliphatic rings. The zero-order valence-electron chi connectivity index (χ0n) is 16.5. The molecule has 29 heavy (non-hydrogen) atoms. The van der Waals surface area contributed by atoms with Gasteiger partial charge in [0.15, 0.2) is 0 Å². The van der Waals surface area contributed by atoms with Gasteiger partial charge in [0, 0.05) is 11.7 Å². The van der Waals surface area contributed by atoms with E-state index in [0.717, 1.165) is 6.42 Å². The molecule has 0 aliphatic heterocycles. The minimum absolute atomic E-state index is 0.331. The van der Waals surface area contributed by atoms with Crippen LogP contribution in [0.4, 0.5) is 0 Å². The van der Waals surface area contributed by atoms with Gasteiger partial charge in [0.2, 0.25) is 0 Å². The van der Waals surface area contributed by atoms with Crippen LogP contribution in [-0.2, 0) is 11.8 Å². The van der Waals surface area contributed by atoms with Crippen molar-refractivity contribution < 1.29 is 0 Å². The summed E-state index contributed by atoms with van der Waals surface area (Å²) in [5.41, 5.74) is 1.66. The lowest BCUT2D eigenvalue weighted by molar-refractivity contribution is 1.03. The summed E-state index contributed by atoms with van der Waals surface area (Å²) in [6.07, 6.45) is 7.99. The highest BCUT2D eigenvalue weighted by Crippen LogP contribution is 2.54. The zero-order valence-corrected chi connectivity index (χ0v) is 18.2. The molecule has 1 unspecified atom stereocenters. The van der Waals surface area contributed by atoms with Crippen LogP contribution in [0.1, 0.15) is 13.3 Å². The first kappa shape index (κ1) is 18.6. The van der Waals surface area contributed by atoms with Crippen molar-refractivity contribution in [2.45, 2.75) is 19.0 Å². The van der Waals surface area contributed by atoms with E-state index in [2.05, 4.69) is 110 Å². The maximum absolute atomic E-state index is 6.78. The van der Waals surface area contributed by atoms with E-state index in [1.165, 1.54) is 37.7 Å². The molecule has 0 aromatic heterocycles. The number of hydrogen-bond donors (Lipinski definition) is 0. The summed E-state index contributed by atoms with van der Waals surface area (Å²) in [4.78, 5) is 0. The molecular weight excluding hydrogens is 387 g/mol. The molecule has 0 nitrogen and oxygen atoms in total. The summed E-state index contributed by atoms with van der Waals surface area (Å²) in [5, 5.41) is 7.81. The van der Waals surface area contributed by atoms with E-state index in [0.29, 0.717) is 5.66 Å². The fourth-order valence-corrected chi connectivity index (χ4v) is 9.34. The molecular formula is C27H23PS. The highest BCUT2D eigenvalue weighted by atomic mass is 32.4. The molecule has 0 saturated carbocycles. The van der Waals surface area contributed by atoms with Crippen LogP contribution in [0.3, 0.4) is 0 Å². The molecule has 0 radical (unpaired) electrons. The molecule has 0 heterocycles. The van der Waals surface area contributed by atoms with Crippen molar-refractivity contribution in [1.29, 1.82) is 0 Å². The van der Waals surface area contributed by atoms with Gasteiger partial charge in [-0.05, 0) is 45.5 Å². The smallest absolute Gasteiger partial charge is 0.0186 e. The third kappa shape index (κ3) is 3.10. The topological polar surface area (TPSA) is 0 Å². The average Bonchev–Trinajstić information content (AvgIpc) is 2.78. The Labute approximate surface area is 177 Å². The van der Waals surface area contributed by atoms with E-state index in [-0.39, 0.29) is 0 Å². The van der Waals surface area contributed by atoms with Crippen LogP contribution in [0, 0.1) is 0 Å². The van der Waals surface area contributed by atoms with Gasteiger partial charge in [0.1, 0.15) is 0 Å². The first-order valence-electron chi connectivity index (χ1n) is 10.1. The molecule has 1 atom stereocenters. The van der Waals surface area contributed by atoms with Crippen LogP contribution >= 0.6 is 6.04 Å². The SMILES string of the molecule is CC1=CCC(P(=S)(c2cccc3ccccc23)c2cccc3ccccc23)C=C1. The first-order chi connectivity index (χ1) is 14.2. The minimum atomic E-state index is -2.12. The van der Waals surface area contributed by atoms with Gasteiger partial charge in [-0.3, -0.25) is 0 Å². The monoisotopic (exact) mass is 410 g/mol. The van der Waals surface area contributed by atoms with Gasteiger partial charge in [-0.2, -0.15) is 0 Å². The van der Waals surface area contributed by atoms with Crippen LogP contribution in [0.2, 0.25) is 0 Å². The standard InChI is InChI=1S/C27H23PS/c1-20-16-18-23(19-17-20)28(29,26-14-6-10-21-8-2-4-12-24(21)26)27-15-7-11-22-9-3-5-13-25(22)27/h2-18,23H,19H2,1H3. The number of allylic oxidation sites excluding steroid dienone is 4. The summed E-state index contributed by atoms with van der Waals surface area (Å²) >= 11 is 6.78. The second-order valence-electron chi connectivity index (χ2n) is 7.76. The zero-order chi connectivity index (χ0) is 19.8. The largest absolute Gasteiger partial charge is 0.0869 e. The van der Waals surface area contributed by atoms with E-state index >= 15 is 0 Å². The summed E-state index contributed by atoms with van der Waals surface area (Å²) < 4.78 is 0. The van der Waals surface area contributed by atoms with Crippen molar-refractivity contribution in [1.82, 2.24) is 0 Å². The van der Waals surface area contributed by atoms with Crippen molar-refractivity contribution in [3.8, 4) is 0 Å². The number of rotatable bonds is 3. The van der Waals surface area contributed by atoms with E-state index in [1.807, 2.05) is 0 Å². The lowest BCUT2D eigenvalue weighted by Gasteiger charge is -2.33. The lowest BCUT2D eigenvalue weighted by Crippen LogP contribution is -2.26. The molecule has 4 aromatic carbocycles. The summed E-state index contributed by atoms with van der Waals surface area (Å²) in [5.74, 6) is 0. The van der Waals surface area contributed by atoms with Gasteiger partial charge in [-0.25, -0.2) is 0 Å². The van der Waals surface area contributed by atoms with Crippen LogP contribution < -0.4 is 10.6 Å². The van der Waals surface area contributed by atoms with Crippen molar-refractivity contribution in [3.05, 3.63) is 109 Å². The van der Waals surface area contributed by atoms with Gasteiger partial charge in [-0.15, -0.1) is 0 Å². The molecule has 4 aromatic rings. The summed E-state index contributed by atoms with van der Waals surface area (Å²) in [6, 6.07) is 28.6. The molecule has 1 aliphatic carbocycles. The van der Waals surface area contributed by atoms with Gasteiger partial charge >= 0.3 is 0 Å². The molecule has 2 heteroatoms. The molecule has 0 saturated heterocycles. The molecule has 0 amide bonds. The Morgan fingerprint density at radius 2 is 1.24 bits per heavy atom. The second-order valence-corrected chi connectivity index (χ2v) is 12.4. The summed E-state index contributed by atoms with van der Waals surface area (Å²) in [7, 11) is 0. The minimum Gasteiger partial charge on any atom is -0.0869 e. The van der Waals surface area contributed by atoms with Crippen LogP contribution in [0.25, 0.3) is 21.5 Å². The highest BCUT2D eigenvalue weighted by Gasteiger charge is 2.33. The van der Waals surface area contributed by atoms with E-state index < -0.39 is 6.04 Å². The number of fused-ring (bicyclic) bond motifs is 2. The van der Waals surface area contributed by atoms with Crippen LogP contribution in [0.5, 0.6) is 0 Å². The lowest BCUT2D eigenvalue weighted by atomic mass is 10.1. The summed E-state index contributed by atoms with van der Waals surface area (Å²) in [6.45, 7) is 2.17. The third-order valence-electron chi connectivity index (χ3n) is 5.98. The maximum atomic E-state index is 6.78.